The molecule has 0 unspecified atom stereocenters. The lowest BCUT2D eigenvalue weighted by Crippen LogP contribution is -2.06. The Hall–Kier alpha value is -2.23. The molecule has 0 saturated heterocycles. The molecule has 19 heavy (non-hydrogen) atoms. The number of aromatic carboxylic acids is 1. The zero-order valence-electron chi connectivity index (χ0n) is 10.1. The smallest absolute Gasteiger partial charge is 0.336 e. The van der Waals surface area contributed by atoms with E-state index in [0.717, 1.165) is 0 Å². The predicted octanol–water partition coefficient (Wildman–Crippen LogP) is 3.45. The molecule has 0 aliphatic heterocycles. The first kappa shape index (κ1) is 13.2. The van der Waals surface area contributed by atoms with Gasteiger partial charge in [-0.15, -0.1) is 0 Å². The van der Waals surface area contributed by atoms with Crippen LogP contribution in [0.2, 0.25) is 0 Å². The SMILES string of the molecule is O=C(O)c1cccc(F)c1CCc1ccccc1F. The molecular weight excluding hydrogens is 250 g/mol. The number of carboxylic acid groups (broad SMARTS) is 1. The first-order chi connectivity index (χ1) is 9.09. The lowest BCUT2D eigenvalue weighted by molar-refractivity contribution is 0.0695. The Balaban J connectivity index is 2.25. The fourth-order valence-electron chi connectivity index (χ4n) is 1.97. The Morgan fingerprint density at radius 2 is 1.63 bits per heavy atom. The summed E-state index contributed by atoms with van der Waals surface area (Å²) in [5.74, 6) is -2.12. The van der Waals surface area contributed by atoms with Crippen LogP contribution in [0, 0.1) is 11.6 Å². The Labute approximate surface area is 109 Å². The van der Waals surface area contributed by atoms with E-state index in [1.165, 1.54) is 24.3 Å². The Kier molecular flexibility index (Phi) is 3.90. The molecular formula is C15H12F2O2. The van der Waals surface area contributed by atoms with Gasteiger partial charge in [0.2, 0.25) is 0 Å². The topological polar surface area (TPSA) is 37.3 Å². The first-order valence-corrected chi connectivity index (χ1v) is 5.83. The van der Waals surface area contributed by atoms with Crippen molar-refractivity contribution in [2.45, 2.75) is 12.8 Å². The summed E-state index contributed by atoms with van der Waals surface area (Å²) in [5.41, 5.74) is 0.483. The van der Waals surface area contributed by atoms with Crippen LogP contribution in [0.5, 0.6) is 0 Å². The molecule has 0 heterocycles. The van der Waals surface area contributed by atoms with Crippen LogP contribution in [-0.4, -0.2) is 11.1 Å². The third-order valence-corrected chi connectivity index (χ3v) is 2.95. The van der Waals surface area contributed by atoms with Crippen LogP contribution < -0.4 is 0 Å². The highest BCUT2D eigenvalue weighted by molar-refractivity contribution is 5.89. The number of benzene rings is 2. The van der Waals surface area contributed by atoms with Gasteiger partial charge in [0.15, 0.2) is 0 Å². The molecule has 0 aliphatic rings. The maximum Gasteiger partial charge on any atom is 0.336 e. The van der Waals surface area contributed by atoms with E-state index in [1.54, 1.807) is 18.2 Å². The van der Waals surface area contributed by atoms with Crippen molar-refractivity contribution in [1.82, 2.24) is 0 Å². The highest BCUT2D eigenvalue weighted by atomic mass is 19.1. The lowest BCUT2D eigenvalue weighted by Gasteiger charge is -2.08. The molecule has 0 aromatic heterocycles. The average molecular weight is 262 g/mol. The highest BCUT2D eigenvalue weighted by Gasteiger charge is 2.14. The minimum atomic E-state index is -1.18. The van der Waals surface area contributed by atoms with Gasteiger partial charge < -0.3 is 5.11 Å². The molecule has 0 amide bonds. The van der Waals surface area contributed by atoms with Gasteiger partial charge in [0.05, 0.1) is 5.56 Å². The molecule has 0 spiro atoms. The van der Waals surface area contributed by atoms with Crippen molar-refractivity contribution >= 4 is 5.97 Å². The summed E-state index contributed by atoms with van der Waals surface area (Å²) in [7, 11) is 0. The number of aryl methyl sites for hydroxylation is 1. The molecule has 0 saturated carbocycles. The van der Waals surface area contributed by atoms with Crippen LogP contribution in [0.1, 0.15) is 21.5 Å². The number of hydrogen-bond acceptors (Lipinski definition) is 1. The van der Waals surface area contributed by atoms with Gasteiger partial charge in [-0.2, -0.15) is 0 Å². The van der Waals surface area contributed by atoms with Crippen LogP contribution in [0.15, 0.2) is 42.5 Å². The molecule has 98 valence electrons. The van der Waals surface area contributed by atoms with Crippen LogP contribution in [0.25, 0.3) is 0 Å². The molecule has 0 atom stereocenters. The van der Waals surface area contributed by atoms with Gasteiger partial charge in [-0.1, -0.05) is 24.3 Å². The second-order valence-corrected chi connectivity index (χ2v) is 4.16. The molecule has 0 bridgehead atoms. The fourth-order valence-corrected chi connectivity index (χ4v) is 1.97. The summed E-state index contributed by atoms with van der Waals surface area (Å²) in [6, 6.07) is 10.1. The predicted molar refractivity (Wildman–Crippen MR) is 67.2 cm³/mol. The first-order valence-electron chi connectivity index (χ1n) is 5.83. The van der Waals surface area contributed by atoms with E-state index in [0.29, 0.717) is 5.56 Å². The minimum Gasteiger partial charge on any atom is -0.478 e. The Morgan fingerprint density at radius 3 is 2.32 bits per heavy atom. The van der Waals surface area contributed by atoms with Gasteiger partial charge in [-0.05, 0) is 36.6 Å². The van der Waals surface area contributed by atoms with Crippen molar-refractivity contribution in [2.75, 3.05) is 0 Å². The largest absolute Gasteiger partial charge is 0.478 e. The van der Waals surface area contributed by atoms with Crippen LogP contribution in [0.4, 0.5) is 8.78 Å². The summed E-state index contributed by atoms with van der Waals surface area (Å²) in [6.07, 6.45) is 0.406. The maximum atomic E-state index is 13.7. The second-order valence-electron chi connectivity index (χ2n) is 4.16. The number of carbonyl (C=O) groups is 1. The van der Waals surface area contributed by atoms with E-state index in [2.05, 4.69) is 0 Å². The third-order valence-electron chi connectivity index (χ3n) is 2.95. The summed E-state index contributed by atoms with van der Waals surface area (Å²) < 4.78 is 27.1. The molecule has 2 aromatic carbocycles. The summed E-state index contributed by atoms with van der Waals surface area (Å²) >= 11 is 0. The van der Waals surface area contributed by atoms with Crippen molar-refractivity contribution in [3.05, 3.63) is 70.8 Å². The van der Waals surface area contributed by atoms with Crippen molar-refractivity contribution in [3.8, 4) is 0 Å². The quantitative estimate of drug-likeness (QED) is 0.916. The number of rotatable bonds is 4. The van der Waals surface area contributed by atoms with Crippen molar-refractivity contribution < 1.29 is 18.7 Å². The average Bonchev–Trinajstić information content (AvgIpc) is 2.38. The van der Waals surface area contributed by atoms with Crippen LogP contribution >= 0.6 is 0 Å². The van der Waals surface area contributed by atoms with Gasteiger partial charge >= 0.3 is 5.97 Å². The van der Waals surface area contributed by atoms with E-state index in [1.807, 2.05) is 0 Å². The molecule has 4 heteroatoms. The van der Waals surface area contributed by atoms with E-state index < -0.39 is 11.8 Å². The van der Waals surface area contributed by atoms with Crippen LogP contribution in [-0.2, 0) is 12.8 Å². The van der Waals surface area contributed by atoms with Gasteiger partial charge in [0, 0.05) is 5.56 Å². The normalized spacial score (nSPS) is 10.4. The van der Waals surface area contributed by atoms with Crippen LogP contribution in [0.3, 0.4) is 0 Å². The third kappa shape index (κ3) is 2.96. The summed E-state index contributed by atoms with van der Waals surface area (Å²) in [5, 5.41) is 9.00. The van der Waals surface area contributed by atoms with Crippen molar-refractivity contribution in [3.63, 3.8) is 0 Å². The van der Waals surface area contributed by atoms with E-state index in [4.69, 9.17) is 5.11 Å². The molecule has 2 rings (SSSR count). The Morgan fingerprint density at radius 1 is 0.947 bits per heavy atom. The van der Waals surface area contributed by atoms with Gasteiger partial charge in [0.25, 0.3) is 0 Å². The standard InChI is InChI=1S/C15H12F2O2/c16-13-6-2-1-4-10(13)8-9-11-12(15(18)19)5-3-7-14(11)17/h1-7H,8-9H2,(H,18,19). The van der Waals surface area contributed by atoms with Gasteiger partial charge in [-0.25, -0.2) is 13.6 Å². The lowest BCUT2D eigenvalue weighted by atomic mass is 9.99. The molecule has 2 nitrogen and oxygen atoms in total. The summed E-state index contributed by atoms with van der Waals surface area (Å²) in [6.45, 7) is 0. The fraction of sp³-hybridized carbons (Fsp3) is 0.133. The molecule has 2 aromatic rings. The molecule has 0 radical (unpaired) electrons. The maximum absolute atomic E-state index is 13.7. The number of carboxylic acids is 1. The molecule has 1 N–H and O–H groups in total. The van der Waals surface area contributed by atoms with E-state index in [-0.39, 0.29) is 29.8 Å². The zero-order valence-corrected chi connectivity index (χ0v) is 10.1. The number of halogens is 2. The number of hydrogen-bond donors (Lipinski definition) is 1. The van der Waals surface area contributed by atoms with Crippen molar-refractivity contribution in [2.24, 2.45) is 0 Å². The molecule has 0 aliphatic carbocycles. The molecule has 0 fully saturated rings. The van der Waals surface area contributed by atoms with E-state index in [9.17, 15) is 13.6 Å². The van der Waals surface area contributed by atoms with Gasteiger partial charge in [-0.3, -0.25) is 0 Å². The zero-order chi connectivity index (χ0) is 13.8. The van der Waals surface area contributed by atoms with Gasteiger partial charge in [0.1, 0.15) is 11.6 Å². The summed E-state index contributed by atoms with van der Waals surface area (Å²) in [4.78, 5) is 11.0. The second kappa shape index (κ2) is 5.61. The van der Waals surface area contributed by atoms with E-state index >= 15 is 0 Å². The highest BCUT2D eigenvalue weighted by Crippen LogP contribution is 2.17. The Bertz CT molecular complexity index is 609. The van der Waals surface area contributed by atoms with Crippen molar-refractivity contribution in [1.29, 1.82) is 0 Å². The minimum absolute atomic E-state index is 0.0728. The monoisotopic (exact) mass is 262 g/mol.